The maximum Gasteiger partial charge on any atom is 0.243 e. The molecular weight excluding hydrogens is 380 g/mol. The first-order valence-electron chi connectivity index (χ1n) is 10.1. The second kappa shape index (κ2) is 10.7. The van der Waals surface area contributed by atoms with Crippen LogP contribution in [0, 0.1) is 0 Å². The van der Waals surface area contributed by atoms with E-state index < -0.39 is 0 Å². The van der Waals surface area contributed by atoms with Crippen molar-refractivity contribution in [1.82, 2.24) is 4.90 Å². The summed E-state index contributed by atoms with van der Waals surface area (Å²) in [6.07, 6.45) is 0.913. The first-order chi connectivity index (χ1) is 14.2. The Bertz CT molecular complexity index is 824. The minimum absolute atomic E-state index is 0.0000148. The van der Waals surface area contributed by atoms with Gasteiger partial charge in [0.05, 0.1) is 20.3 Å². The zero-order valence-electron chi connectivity index (χ0n) is 18.5. The molecule has 6 heteroatoms. The number of benzene rings is 2. The molecule has 0 aliphatic heterocycles. The molecule has 0 aliphatic rings. The third-order valence-corrected chi connectivity index (χ3v) is 4.70. The highest BCUT2D eigenvalue weighted by Crippen LogP contribution is 2.24. The van der Waals surface area contributed by atoms with Crippen molar-refractivity contribution in [3.63, 3.8) is 0 Å². The molecule has 0 aliphatic carbocycles. The van der Waals surface area contributed by atoms with Crippen LogP contribution in [0.4, 0.5) is 5.69 Å². The lowest BCUT2D eigenvalue weighted by Gasteiger charge is -2.19. The van der Waals surface area contributed by atoms with Crippen LogP contribution in [0.1, 0.15) is 39.2 Å². The second-order valence-corrected chi connectivity index (χ2v) is 8.25. The van der Waals surface area contributed by atoms with E-state index in [-0.39, 0.29) is 23.8 Å². The van der Waals surface area contributed by atoms with Crippen LogP contribution in [0.25, 0.3) is 0 Å². The van der Waals surface area contributed by atoms with Crippen LogP contribution < -0.4 is 14.8 Å². The lowest BCUT2D eigenvalue weighted by Crippen LogP contribution is -2.34. The fourth-order valence-electron chi connectivity index (χ4n) is 2.83. The van der Waals surface area contributed by atoms with Crippen molar-refractivity contribution in [2.45, 2.75) is 39.0 Å². The third-order valence-electron chi connectivity index (χ3n) is 4.70. The van der Waals surface area contributed by atoms with Gasteiger partial charge in [-0.25, -0.2) is 0 Å². The van der Waals surface area contributed by atoms with E-state index >= 15 is 0 Å². The van der Waals surface area contributed by atoms with Gasteiger partial charge in [-0.05, 0) is 53.8 Å². The van der Waals surface area contributed by atoms with E-state index in [1.54, 1.807) is 38.4 Å². The van der Waals surface area contributed by atoms with E-state index in [0.29, 0.717) is 30.9 Å². The van der Waals surface area contributed by atoms with Gasteiger partial charge in [-0.2, -0.15) is 0 Å². The van der Waals surface area contributed by atoms with E-state index in [9.17, 15) is 9.59 Å². The number of hydrogen-bond acceptors (Lipinski definition) is 4. The fourth-order valence-corrected chi connectivity index (χ4v) is 2.83. The van der Waals surface area contributed by atoms with Crippen molar-refractivity contribution in [2.24, 2.45) is 0 Å². The summed E-state index contributed by atoms with van der Waals surface area (Å²) in [6, 6.07) is 15.1. The molecule has 6 nitrogen and oxygen atoms in total. The van der Waals surface area contributed by atoms with E-state index in [2.05, 4.69) is 38.2 Å². The number of anilines is 1. The SMILES string of the molecule is COc1ccc(NC(=O)CN(C)C(=O)CCCOc2ccc(C(C)(C)C)cc2)cc1. The highest BCUT2D eigenvalue weighted by molar-refractivity contribution is 5.94. The summed E-state index contributed by atoms with van der Waals surface area (Å²) in [4.78, 5) is 25.8. The van der Waals surface area contributed by atoms with Crippen molar-refractivity contribution in [3.05, 3.63) is 54.1 Å². The van der Waals surface area contributed by atoms with Crippen LogP contribution in [0.15, 0.2) is 48.5 Å². The summed E-state index contributed by atoms with van der Waals surface area (Å²) in [5, 5.41) is 2.77. The zero-order chi connectivity index (χ0) is 22.1. The molecule has 0 fully saturated rings. The molecule has 0 atom stereocenters. The van der Waals surface area contributed by atoms with Crippen LogP contribution in [-0.4, -0.2) is 44.0 Å². The third kappa shape index (κ3) is 7.43. The Morgan fingerprint density at radius 2 is 1.57 bits per heavy atom. The summed E-state index contributed by atoms with van der Waals surface area (Å²) < 4.78 is 10.8. The molecule has 2 rings (SSSR count). The highest BCUT2D eigenvalue weighted by Gasteiger charge is 2.14. The average Bonchev–Trinajstić information content (AvgIpc) is 2.71. The van der Waals surface area contributed by atoms with Gasteiger partial charge in [-0.1, -0.05) is 32.9 Å². The number of likely N-dealkylation sites (N-methyl/N-ethyl adjacent to an activating group) is 1. The standard InChI is InChI=1S/C24H32N2O4/c1-24(2,3)18-8-12-21(13-9-18)30-16-6-7-23(28)26(4)17-22(27)25-19-10-14-20(29-5)15-11-19/h8-15H,6-7,16-17H2,1-5H3,(H,25,27). The number of amides is 2. The largest absolute Gasteiger partial charge is 0.497 e. The van der Waals surface area contributed by atoms with Crippen molar-refractivity contribution in [3.8, 4) is 11.5 Å². The van der Waals surface area contributed by atoms with Gasteiger partial charge in [0, 0.05) is 19.2 Å². The molecule has 0 bridgehead atoms. The van der Waals surface area contributed by atoms with Gasteiger partial charge < -0.3 is 19.7 Å². The first kappa shape index (κ1) is 23.3. The predicted octanol–water partition coefficient (Wildman–Crippen LogP) is 4.25. The Morgan fingerprint density at radius 3 is 2.13 bits per heavy atom. The second-order valence-electron chi connectivity index (χ2n) is 8.25. The van der Waals surface area contributed by atoms with Gasteiger partial charge in [0.2, 0.25) is 11.8 Å². The summed E-state index contributed by atoms with van der Waals surface area (Å²) in [5.74, 6) is 1.17. The Balaban J connectivity index is 1.69. The fraction of sp³-hybridized carbons (Fsp3) is 0.417. The van der Waals surface area contributed by atoms with Crippen LogP contribution in [0.2, 0.25) is 0 Å². The van der Waals surface area contributed by atoms with Crippen LogP contribution >= 0.6 is 0 Å². The van der Waals surface area contributed by atoms with Gasteiger partial charge in [0.1, 0.15) is 11.5 Å². The highest BCUT2D eigenvalue weighted by atomic mass is 16.5. The quantitative estimate of drug-likeness (QED) is 0.625. The number of rotatable bonds is 9. The number of carbonyl (C=O) groups excluding carboxylic acids is 2. The van der Waals surface area contributed by atoms with Gasteiger partial charge in [0.15, 0.2) is 0 Å². The molecule has 0 saturated heterocycles. The van der Waals surface area contributed by atoms with Crippen molar-refractivity contribution < 1.29 is 19.1 Å². The smallest absolute Gasteiger partial charge is 0.243 e. The zero-order valence-corrected chi connectivity index (χ0v) is 18.5. The van der Waals surface area contributed by atoms with Crippen LogP contribution in [0.5, 0.6) is 11.5 Å². The Labute approximate surface area is 179 Å². The summed E-state index contributed by atoms with van der Waals surface area (Å²) in [7, 11) is 3.21. The molecule has 0 heterocycles. The molecule has 0 spiro atoms. The molecule has 0 unspecified atom stereocenters. The monoisotopic (exact) mass is 412 g/mol. The molecule has 1 N–H and O–H groups in total. The molecule has 162 valence electrons. The number of nitrogens with one attached hydrogen (secondary N) is 1. The average molecular weight is 413 g/mol. The molecule has 0 saturated carbocycles. The minimum atomic E-state index is -0.244. The first-order valence-corrected chi connectivity index (χ1v) is 10.1. The lowest BCUT2D eigenvalue weighted by atomic mass is 9.87. The van der Waals surface area contributed by atoms with Gasteiger partial charge in [0.25, 0.3) is 0 Å². The summed E-state index contributed by atoms with van der Waals surface area (Å²) in [6.45, 7) is 6.96. The van der Waals surface area contributed by atoms with Gasteiger partial charge >= 0.3 is 0 Å². The molecule has 0 aromatic heterocycles. The Kier molecular flexibility index (Phi) is 8.27. The normalized spacial score (nSPS) is 11.0. The number of ether oxygens (including phenoxy) is 2. The van der Waals surface area contributed by atoms with E-state index in [4.69, 9.17) is 9.47 Å². The minimum Gasteiger partial charge on any atom is -0.497 e. The number of methoxy groups -OCH3 is 1. The van der Waals surface area contributed by atoms with Crippen LogP contribution in [0.3, 0.4) is 0 Å². The topological polar surface area (TPSA) is 67.9 Å². The van der Waals surface area contributed by atoms with Crippen molar-refractivity contribution in [1.29, 1.82) is 0 Å². The van der Waals surface area contributed by atoms with E-state index in [0.717, 1.165) is 5.75 Å². The van der Waals surface area contributed by atoms with Crippen molar-refractivity contribution >= 4 is 17.5 Å². The molecule has 2 aromatic carbocycles. The number of hydrogen-bond donors (Lipinski definition) is 1. The van der Waals surface area contributed by atoms with E-state index in [1.165, 1.54) is 10.5 Å². The number of nitrogens with zero attached hydrogens (tertiary/aromatic N) is 1. The summed E-state index contributed by atoms with van der Waals surface area (Å²) in [5.41, 5.74) is 2.02. The Hall–Kier alpha value is -3.02. The van der Waals surface area contributed by atoms with Gasteiger partial charge in [-0.15, -0.1) is 0 Å². The van der Waals surface area contributed by atoms with Gasteiger partial charge in [-0.3, -0.25) is 9.59 Å². The molecular formula is C24H32N2O4. The molecule has 0 radical (unpaired) electrons. The molecule has 30 heavy (non-hydrogen) atoms. The molecule has 2 amide bonds. The lowest BCUT2D eigenvalue weighted by molar-refractivity contribution is -0.133. The van der Waals surface area contributed by atoms with Crippen molar-refractivity contribution in [2.75, 3.05) is 32.6 Å². The van der Waals surface area contributed by atoms with E-state index in [1.807, 2.05) is 12.1 Å². The maximum absolute atomic E-state index is 12.3. The molecule has 2 aromatic rings. The maximum atomic E-state index is 12.3. The summed E-state index contributed by atoms with van der Waals surface area (Å²) >= 11 is 0. The Morgan fingerprint density at radius 1 is 0.967 bits per heavy atom. The predicted molar refractivity (Wildman–Crippen MR) is 119 cm³/mol. The number of carbonyl (C=O) groups is 2. The van der Waals surface area contributed by atoms with Crippen LogP contribution in [-0.2, 0) is 15.0 Å².